The molecule has 0 aromatic rings. The molecule has 0 amide bonds. The number of unbranched alkanes of at least 4 members (excludes halogenated alkanes) is 1. The maximum atomic E-state index is 11.1. The molecule has 4 atom stereocenters. The van der Waals surface area contributed by atoms with Gasteiger partial charge in [-0.1, -0.05) is 27.2 Å². The first-order valence-corrected chi connectivity index (χ1v) is 7.94. The van der Waals surface area contributed by atoms with Gasteiger partial charge in [0.25, 0.3) is 0 Å². The van der Waals surface area contributed by atoms with Crippen molar-refractivity contribution in [1.29, 1.82) is 0 Å². The Morgan fingerprint density at radius 1 is 1.45 bits per heavy atom. The minimum Gasteiger partial charge on any atom is -0.383 e. The normalized spacial score (nSPS) is 38.4. The number of hydrogen-bond acceptors (Lipinski definition) is 4. The monoisotopic (exact) mass is 287 g/mol. The molecular weight excluding hydrogens is 254 g/mol. The molecule has 20 heavy (non-hydrogen) atoms. The summed E-state index contributed by atoms with van der Waals surface area (Å²) in [6.07, 6.45) is 2.86. The Balaban J connectivity index is 2.80. The van der Waals surface area contributed by atoms with E-state index in [-0.39, 0.29) is 12.2 Å². The molecule has 0 aliphatic carbocycles. The van der Waals surface area contributed by atoms with Crippen LogP contribution in [0.15, 0.2) is 0 Å². The third kappa shape index (κ3) is 3.53. The molecule has 0 spiro atoms. The van der Waals surface area contributed by atoms with Crippen molar-refractivity contribution in [2.75, 3.05) is 20.2 Å². The second-order valence-corrected chi connectivity index (χ2v) is 6.65. The van der Waals surface area contributed by atoms with Crippen LogP contribution in [-0.4, -0.2) is 48.7 Å². The SMILES string of the molecule is CCCCNCC1(O)C(C)O[C@@H](C(C)C)CC1(C)OC. The zero-order valence-corrected chi connectivity index (χ0v) is 14.0. The average molecular weight is 287 g/mol. The van der Waals surface area contributed by atoms with Gasteiger partial charge < -0.3 is 19.9 Å². The summed E-state index contributed by atoms with van der Waals surface area (Å²) >= 11 is 0. The molecule has 1 aliphatic heterocycles. The largest absolute Gasteiger partial charge is 0.383 e. The van der Waals surface area contributed by atoms with Crippen LogP contribution in [0.2, 0.25) is 0 Å². The van der Waals surface area contributed by atoms with Crippen LogP contribution in [0.5, 0.6) is 0 Å². The van der Waals surface area contributed by atoms with Crippen molar-refractivity contribution < 1.29 is 14.6 Å². The van der Waals surface area contributed by atoms with Gasteiger partial charge in [-0.15, -0.1) is 0 Å². The van der Waals surface area contributed by atoms with E-state index < -0.39 is 11.2 Å². The lowest BCUT2D eigenvalue weighted by Gasteiger charge is -2.54. The zero-order chi connectivity index (χ0) is 15.4. The highest BCUT2D eigenvalue weighted by atomic mass is 16.6. The van der Waals surface area contributed by atoms with Gasteiger partial charge in [0, 0.05) is 20.1 Å². The standard InChI is InChI=1S/C16H33NO3/c1-7-8-9-17-11-16(18)13(4)20-14(12(2)3)10-15(16,5)19-6/h12-14,17-18H,7-11H2,1-6H3/t13?,14-,15?,16?/m1/s1. The van der Waals surface area contributed by atoms with Crippen LogP contribution < -0.4 is 5.32 Å². The molecular formula is C16H33NO3. The van der Waals surface area contributed by atoms with E-state index in [9.17, 15) is 5.11 Å². The second-order valence-electron chi connectivity index (χ2n) is 6.65. The van der Waals surface area contributed by atoms with Gasteiger partial charge in [-0.25, -0.2) is 0 Å². The Labute approximate surface area is 124 Å². The first kappa shape index (κ1) is 17.9. The Morgan fingerprint density at radius 2 is 2.10 bits per heavy atom. The summed E-state index contributed by atoms with van der Waals surface area (Å²) in [5.41, 5.74) is -1.58. The smallest absolute Gasteiger partial charge is 0.131 e. The number of aliphatic hydroxyl groups is 1. The lowest BCUT2D eigenvalue weighted by atomic mass is 9.72. The minimum absolute atomic E-state index is 0.130. The highest BCUT2D eigenvalue weighted by Crippen LogP contribution is 2.41. The minimum atomic E-state index is -0.999. The fraction of sp³-hybridized carbons (Fsp3) is 1.00. The molecule has 4 nitrogen and oxygen atoms in total. The Kier molecular flexibility index (Phi) is 6.45. The van der Waals surface area contributed by atoms with Gasteiger partial charge in [0.05, 0.1) is 17.8 Å². The van der Waals surface area contributed by atoms with Gasteiger partial charge in [-0.05, 0) is 32.7 Å². The van der Waals surface area contributed by atoms with Crippen LogP contribution in [0.3, 0.4) is 0 Å². The van der Waals surface area contributed by atoms with Crippen LogP contribution >= 0.6 is 0 Å². The average Bonchev–Trinajstić information content (AvgIpc) is 2.40. The van der Waals surface area contributed by atoms with Crippen molar-refractivity contribution in [2.45, 2.75) is 77.3 Å². The lowest BCUT2D eigenvalue weighted by Crippen LogP contribution is -2.69. The molecule has 1 aliphatic rings. The number of rotatable bonds is 7. The molecule has 0 aromatic carbocycles. The second kappa shape index (κ2) is 7.21. The quantitative estimate of drug-likeness (QED) is 0.706. The molecule has 3 unspecified atom stereocenters. The molecule has 2 N–H and O–H groups in total. The third-order valence-electron chi connectivity index (χ3n) is 4.85. The van der Waals surface area contributed by atoms with E-state index in [0.717, 1.165) is 25.8 Å². The van der Waals surface area contributed by atoms with Crippen molar-refractivity contribution in [2.24, 2.45) is 5.92 Å². The molecule has 120 valence electrons. The van der Waals surface area contributed by atoms with Crippen molar-refractivity contribution in [3.63, 3.8) is 0 Å². The van der Waals surface area contributed by atoms with Gasteiger partial charge in [0.1, 0.15) is 5.60 Å². The first-order valence-electron chi connectivity index (χ1n) is 7.94. The van der Waals surface area contributed by atoms with Gasteiger partial charge in [0.15, 0.2) is 0 Å². The molecule has 1 rings (SSSR count). The summed E-state index contributed by atoms with van der Waals surface area (Å²) in [4.78, 5) is 0. The van der Waals surface area contributed by atoms with E-state index in [4.69, 9.17) is 9.47 Å². The van der Waals surface area contributed by atoms with E-state index in [0.29, 0.717) is 12.5 Å². The van der Waals surface area contributed by atoms with Crippen LogP contribution in [0.25, 0.3) is 0 Å². The predicted octanol–water partition coefficient (Wildman–Crippen LogP) is 2.35. The van der Waals surface area contributed by atoms with Crippen LogP contribution in [0.1, 0.15) is 53.9 Å². The predicted molar refractivity (Wildman–Crippen MR) is 81.9 cm³/mol. The molecule has 0 aromatic heterocycles. The molecule has 1 saturated heterocycles. The van der Waals surface area contributed by atoms with Crippen LogP contribution in [0, 0.1) is 5.92 Å². The summed E-state index contributed by atoms with van der Waals surface area (Å²) < 4.78 is 11.8. The Bertz CT molecular complexity index is 297. The maximum Gasteiger partial charge on any atom is 0.131 e. The fourth-order valence-electron chi connectivity index (χ4n) is 2.98. The highest BCUT2D eigenvalue weighted by Gasteiger charge is 2.56. The molecule has 1 fully saturated rings. The maximum absolute atomic E-state index is 11.1. The summed E-state index contributed by atoms with van der Waals surface area (Å²) in [6, 6.07) is 0. The van der Waals surface area contributed by atoms with E-state index in [2.05, 4.69) is 26.1 Å². The molecule has 0 radical (unpaired) electrons. The van der Waals surface area contributed by atoms with Gasteiger partial charge >= 0.3 is 0 Å². The van der Waals surface area contributed by atoms with E-state index in [1.807, 2.05) is 13.8 Å². The molecule has 0 bridgehead atoms. The third-order valence-corrected chi connectivity index (χ3v) is 4.85. The number of ether oxygens (including phenoxy) is 2. The fourth-order valence-corrected chi connectivity index (χ4v) is 2.98. The Hall–Kier alpha value is -0.160. The Morgan fingerprint density at radius 3 is 2.60 bits per heavy atom. The van der Waals surface area contributed by atoms with Crippen molar-refractivity contribution in [1.82, 2.24) is 5.32 Å². The summed E-state index contributed by atoms with van der Waals surface area (Å²) in [5, 5.41) is 14.5. The van der Waals surface area contributed by atoms with E-state index >= 15 is 0 Å². The number of hydrogen-bond donors (Lipinski definition) is 2. The van der Waals surface area contributed by atoms with Crippen LogP contribution in [-0.2, 0) is 9.47 Å². The lowest BCUT2D eigenvalue weighted by molar-refractivity contribution is -0.274. The summed E-state index contributed by atoms with van der Waals surface area (Å²) in [6.45, 7) is 11.8. The summed E-state index contributed by atoms with van der Waals surface area (Å²) in [7, 11) is 1.69. The van der Waals surface area contributed by atoms with Crippen LogP contribution in [0.4, 0.5) is 0 Å². The summed E-state index contributed by atoms with van der Waals surface area (Å²) in [5.74, 6) is 0.421. The number of nitrogens with one attached hydrogen (secondary N) is 1. The first-order chi connectivity index (χ1) is 9.30. The van der Waals surface area contributed by atoms with Crippen molar-refractivity contribution >= 4 is 0 Å². The highest BCUT2D eigenvalue weighted by molar-refractivity contribution is 5.08. The van der Waals surface area contributed by atoms with E-state index in [1.165, 1.54) is 0 Å². The molecule has 0 saturated carbocycles. The van der Waals surface area contributed by atoms with E-state index in [1.54, 1.807) is 7.11 Å². The van der Waals surface area contributed by atoms with Gasteiger partial charge in [-0.2, -0.15) is 0 Å². The molecule has 1 heterocycles. The van der Waals surface area contributed by atoms with Crippen molar-refractivity contribution in [3.05, 3.63) is 0 Å². The van der Waals surface area contributed by atoms with Gasteiger partial charge in [0.2, 0.25) is 0 Å². The topological polar surface area (TPSA) is 50.7 Å². The zero-order valence-electron chi connectivity index (χ0n) is 14.0. The van der Waals surface area contributed by atoms with Gasteiger partial charge in [-0.3, -0.25) is 0 Å². The molecule has 4 heteroatoms. The van der Waals surface area contributed by atoms with Crippen molar-refractivity contribution in [3.8, 4) is 0 Å². The number of methoxy groups -OCH3 is 1.